The highest BCUT2D eigenvalue weighted by Gasteiger charge is 2.20. The minimum atomic E-state index is -0.257. The van der Waals surface area contributed by atoms with Crippen LogP contribution in [0.2, 0.25) is 0 Å². The second-order valence-corrected chi connectivity index (χ2v) is 4.15. The molecule has 2 unspecified atom stereocenters. The molecule has 0 bridgehead atoms. The molecule has 0 saturated heterocycles. The van der Waals surface area contributed by atoms with Gasteiger partial charge < -0.3 is 9.67 Å². The maximum absolute atomic E-state index is 10.0. The zero-order chi connectivity index (χ0) is 11.4. The third kappa shape index (κ3) is 2.59. The van der Waals surface area contributed by atoms with Gasteiger partial charge in [0.15, 0.2) is 0 Å². The fourth-order valence-corrected chi connectivity index (χ4v) is 1.99. The van der Waals surface area contributed by atoms with Crippen molar-refractivity contribution in [3.8, 4) is 0 Å². The van der Waals surface area contributed by atoms with Crippen molar-refractivity contribution < 1.29 is 5.11 Å². The van der Waals surface area contributed by atoms with Crippen LogP contribution in [0.4, 0.5) is 0 Å². The first-order valence-electron chi connectivity index (χ1n) is 5.79. The SMILES string of the molecule is CCCC(O)C(CC)n1cnc(C)c1C. The van der Waals surface area contributed by atoms with Crippen LogP contribution in [0.5, 0.6) is 0 Å². The molecule has 15 heavy (non-hydrogen) atoms. The van der Waals surface area contributed by atoms with E-state index in [1.807, 2.05) is 13.3 Å². The van der Waals surface area contributed by atoms with Gasteiger partial charge in [-0.15, -0.1) is 0 Å². The fourth-order valence-electron chi connectivity index (χ4n) is 1.99. The van der Waals surface area contributed by atoms with Gasteiger partial charge in [-0.3, -0.25) is 0 Å². The zero-order valence-electron chi connectivity index (χ0n) is 10.2. The van der Waals surface area contributed by atoms with Crippen LogP contribution in [0.15, 0.2) is 6.33 Å². The predicted octanol–water partition coefficient (Wildman–Crippen LogP) is 2.61. The van der Waals surface area contributed by atoms with Crippen LogP contribution in [-0.2, 0) is 0 Å². The van der Waals surface area contributed by atoms with Gasteiger partial charge in [0, 0.05) is 5.69 Å². The number of aromatic nitrogens is 2. The Hall–Kier alpha value is -0.830. The minimum absolute atomic E-state index is 0.172. The third-order valence-corrected chi connectivity index (χ3v) is 3.09. The average Bonchev–Trinajstić information content (AvgIpc) is 2.51. The Morgan fingerprint density at radius 2 is 2.07 bits per heavy atom. The third-order valence-electron chi connectivity index (χ3n) is 3.09. The quantitative estimate of drug-likeness (QED) is 0.811. The van der Waals surface area contributed by atoms with E-state index in [0.717, 1.165) is 30.7 Å². The first-order valence-corrected chi connectivity index (χ1v) is 5.79. The number of hydrogen-bond acceptors (Lipinski definition) is 2. The smallest absolute Gasteiger partial charge is 0.0954 e. The molecule has 2 atom stereocenters. The maximum atomic E-state index is 10.0. The molecule has 1 aromatic rings. The number of nitrogens with zero attached hydrogens (tertiary/aromatic N) is 2. The number of imidazole rings is 1. The molecule has 3 nitrogen and oxygen atoms in total. The molecule has 0 fully saturated rings. The predicted molar refractivity (Wildman–Crippen MR) is 61.9 cm³/mol. The molecule has 3 heteroatoms. The van der Waals surface area contributed by atoms with Crippen molar-refractivity contribution in [2.75, 3.05) is 0 Å². The van der Waals surface area contributed by atoms with Crippen molar-refractivity contribution in [3.63, 3.8) is 0 Å². The summed E-state index contributed by atoms with van der Waals surface area (Å²) in [5, 5.41) is 10.0. The molecule has 0 aliphatic rings. The molecular formula is C12H22N2O. The van der Waals surface area contributed by atoms with Crippen molar-refractivity contribution in [2.45, 2.75) is 59.1 Å². The van der Waals surface area contributed by atoms with E-state index in [1.54, 1.807) is 0 Å². The summed E-state index contributed by atoms with van der Waals surface area (Å²) in [7, 11) is 0. The molecule has 0 radical (unpaired) electrons. The number of aliphatic hydroxyl groups is 1. The summed E-state index contributed by atoms with van der Waals surface area (Å²) in [5.41, 5.74) is 2.22. The second-order valence-electron chi connectivity index (χ2n) is 4.15. The van der Waals surface area contributed by atoms with Crippen LogP contribution in [-0.4, -0.2) is 20.8 Å². The van der Waals surface area contributed by atoms with Gasteiger partial charge in [0.2, 0.25) is 0 Å². The number of aryl methyl sites for hydroxylation is 1. The molecule has 0 aliphatic heterocycles. The molecule has 1 aromatic heterocycles. The van der Waals surface area contributed by atoms with Gasteiger partial charge in [0.25, 0.3) is 0 Å². The van der Waals surface area contributed by atoms with E-state index in [-0.39, 0.29) is 12.1 Å². The molecule has 1 heterocycles. The minimum Gasteiger partial charge on any atom is -0.391 e. The van der Waals surface area contributed by atoms with E-state index in [2.05, 4.69) is 30.3 Å². The van der Waals surface area contributed by atoms with Gasteiger partial charge in [0.1, 0.15) is 0 Å². The van der Waals surface area contributed by atoms with E-state index in [4.69, 9.17) is 0 Å². The Bertz CT molecular complexity index is 307. The first kappa shape index (κ1) is 12.2. The lowest BCUT2D eigenvalue weighted by Crippen LogP contribution is -2.23. The molecule has 0 amide bonds. The standard InChI is InChI=1S/C12H22N2O/c1-5-7-12(15)11(6-2)14-8-13-9(3)10(14)4/h8,11-12,15H,5-7H2,1-4H3. The molecular weight excluding hydrogens is 188 g/mol. The monoisotopic (exact) mass is 210 g/mol. The van der Waals surface area contributed by atoms with Crippen LogP contribution in [0.3, 0.4) is 0 Å². The van der Waals surface area contributed by atoms with Gasteiger partial charge in [-0.25, -0.2) is 4.98 Å². The van der Waals surface area contributed by atoms with E-state index in [0.29, 0.717) is 0 Å². The summed E-state index contributed by atoms with van der Waals surface area (Å²) < 4.78 is 2.11. The number of rotatable bonds is 5. The maximum Gasteiger partial charge on any atom is 0.0954 e. The molecule has 0 aliphatic carbocycles. The lowest BCUT2D eigenvalue weighted by Gasteiger charge is -2.24. The van der Waals surface area contributed by atoms with Crippen molar-refractivity contribution in [1.29, 1.82) is 0 Å². The lowest BCUT2D eigenvalue weighted by molar-refractivity contribution is 0.0993. The Labute approximate surface area is 92.1 Å². The summed E-state index contributed by atoms with van der Waals surface area (Å²) in [6.07, 6.45) is 4.40. The number of aliphatic hydroxyl groups excluding tert-OH is 1. The summed E-state index contributed by atoms with van der Waals surface area (Å²) in [6.45, 7) is 8.27. The molecule has 0 aromatic carbocycles. The Morgan fingerprint density at radius 3 is 2.47 bits per heavy atom. The topological polar surface area (TPSA) is 38.0 Å². The van der Waals surface area contributed by atoms with Gasteiger partial charge in [-0.2, -0.15) is 0 Å². The summed E-state index contributed by atoms with van der Waals surface area (Å²) >= 11 is 0. The highest BCUT2D eigenvalue weighted by Crippen LogP contribution is 2.22. The van der Waals surface area contributed by atoms with Gasteiger partial charge in [0.05, 0.1) is 24.2 Å². The highest BCUT2D eigenvalue weighted by atomic mass is 16.3. The molecule has 1 rings (SSSR count). The van der Waals surface area contributed by atoms with Crippen LogP contribution in [0.25, 0.3) is 0 Å². The fraction of sp³-hybridized carbons (Fsp3) is 0.750. The van der Waals surface area contributed by atoms with Crippen molar-refractivity contribution in [1.82, 2.24) is 9.55 Å². The Morgan fingerprint density at radius 1 is 1.40 bits per heavy atom. The number of hydrogen-bond donors (Lipinski definition) is 1. The Balaban J connectivity index is 2.87. The second kappa shape index (κ2) is 5.31. The van der Waals surface area contributed by atoms with Crippen LogP contribution >= 0.6 is 0 Å². The summed E-state index contributed by atoms with van der Waals surface area (Å²) in [4.78, 5) is 4.28. The van der Waals surface area contributed by atoms with Crippen molar-refractivity contribution >= 4 is 0 Å². The molecule has 0 spiro atoms. The van der Waals surface area contributed by atoms with Crippen molar-refractivity contribution in [2.24, 2.45) is 0 Å². The largest absolute Gasteiger partial charge is 0.391 e. The van der Waals surface area contributed by atoms with Crippen LogP contribution in [0.1, 0.15) is 50.5 Å². The summed E-state index contributed by atoms with van der Waals surface area (Å²) in [5.74, 6) is 0. The lowest BCUT2D eigenvalue weighted by atomic mass is 10.0. The van der Waals surface area contributed by atoms with Gasteiger partial charge in [-0.05, 0) is 26.7 Å². The van der Waals surface area contributed by atoms with E-state index < -0.39 is 0 Å². The van der Waals surface area contributed by atoms with Crippen LogP contribution in [0, 0.1) is 13.8 Å². The van der Waals surface area contributed by atoms with Crippen LogP contribution < -0.4 is 0 Å². The zero-order valence-corrected chi connectivity index (χ0v) is 10.2. The molecule has 1 N–H and O–H groups in total. The molecule has 0 saturated carbocycles. The first-order chi connectivity index (χ1) is 7.11. The van der Waals surface area contributed by atoms with E-state index >= 15 is 0 Å². The average molecular weight is 210 g/mol. The Kier molecular flexibility index (Phi) is 4.33. The van der Waals surface area contributed by atoms with E-state index in [1.165, 1.54) is 0 Å². The van der Waals surface area contributed by atoms with Gasteiger partial charge >= 0.3 is 0 Å². The summed E-state index contributed by atoms with van der Waals surface area (Å²) in [6, 6.07) is 0.172. The molecule has 86 valence electrons. The van der Waals surface area contributed by atoms with Crippen molar-refractivity contribution in [3.05, 3.63) is 17.7 Å². The van der Waals surface area contributed by atoms with Gasteiger partial charge in [-0.1, -0.05) is 20.3 Å². The highest BCUT2D eigenvalue weighted by molar-refractivity contribution is 5.10. The van der Waals surface area contributed by atoms with E-state index in [9.17, 15) is 5.11 Å². The normalized spacial score (nSPS) is 15.3.